The first kappa shape index (κ1) is 12.9. The molecule has 0 fully saturated rings. The Labute approximate surface area is 105 Å². The molecule has 1 aromatic carbocycles. The largest absolute Gasteiger partial charge is 0.493 e. The third-order valence-electron chi connectivity index (χ3n) is 2.08. The summed E-state index contributed by atoms with van der Waals surface area (Å²) in [7, 11) is 0. The summed E-state index contributed by atoms with van der Waals surface area (Å²) in [6.07, 6.45) is 1.20. The third-order valence-corrected chi connectivity index (χ3v) is 3.69. The van der Waals surface area contributed by atoms with Crippen molar-refractivity contribution in [2.75, 3.05) is 11.9 Å². The number of thioether (sulfide) groups is 1. The van der Waals surface area contributed by atoms with Crippen LogP contribution in [0.15, 0.2) is 29.2 Å². The van der Waals surface area contributed by atoms with Crippen LogP contribution in [0, 0.1) is 0 Å². The number of halogens is 1. The second kappa shape index (κ2) is 7.18. The minimum atomic E-state index is 0.680. The van der Waals surface area contributed by atoms with Crippen molar-refractivity contribution in [2.24, 2.45) is 0 Å². The fourth-order valence-corrected chi connectivity index (χ4v) is 2.17. The highest BCUT2D eigenvalue weighted by Crippen LogP contribution is 2.26. The maximum Gasteiger partial charge on any atom is 0.119 e. The summed E-state index contributed by atoms with van der Waals surface area (Å²) in [4.78, 5) is 1.32. The fraction of sp³-hybridized carbons (Fsp3) is 0.500. The number of benzene rings is 1. The average molecular weight is 289 g/mol. The lowest BCUT2D eigenvalue weighted by atomic mass is 10.3. The molecular formula is C12H17BrOS. The van der Waals surface area contributed by atoms with Crippen molar-refractivity contribution in [1.82, 2.24) is 0 Å². The van der Waals surface area contributed by atoms with Crippen LogP contribution in [0.4, 0.5) is 0 Å². The molecule has 84 valence electrons. The lowest BCUT2D eigenvalue weighted by molar-refractivity contribution is 0.345. The monoisotopic (exact) mass is 288 g/mol. The molecule has 0 bridgehead atoms. The summed E-state index contributed by atoms with van der Waals surface area (Å²) >= 11 is 5.25. The molecule has 0 aliphatic carbocycles. The Morgan fingerprint density at radius 2 is 2.00 bits per heavy atom. The molecule has 1 atom stereocenters. The molecule has 0 aliphatic heterocycles. The molecule has 15 heavy (non-hydrogen) atoms. The van der Waals surface area contributed by atoms with Crippen molar-refractivity contribution in [3.8, 4) is 5.75 Å². The molecular weight excluding hydrogens is 272 g/mol. The molecule has 1 nitrogen and oxygen atoms in total. The number of rotatable bonds is 6. The first-order valence-corrected chi connectivity index (χ1v) is 7.22. The lowest BCUT2D eigenvalue weighted by Gasteiger charge is -2.09. The molecule has 0 spiro atoms. The molecule has 0 aromatic heterocycles. The van der Waals surface area contributed by atoms with Crippen LogP contribution in [0.1, 0.15) is 20.3 Å². The van der Waals surface area contributed by atoms with E-state index in [0.29, 0.717) is 5.25 Å². The predicted octanol–water partition coefficient (Wildman–Crippen LogP) is 4.35. The van der Waals surface area contributed by atoms with Gasteiger partial charge in [0, 0.05) is 15.5 Å². The molecule has 0 N–H and O–H groups in total. The van der Waals surface area contributed by atoms with E-state index < -0.39 is 0 Å². The summed E-state index contributed by atoms with van der Waals surface area (Å²) in [5.74, 6) is 0.947. The van der Waals surface area contributed by atoms with Gasteiger partial charge in [0.1, 0.15) is 5.75 Å². The fourth-order valence-electron chi connectivity index (χ4n) is 1.09. The first-order chi connectivity index (χ1) is 7.26. The van der Waals surface area contributed by atoms with Crippen LogP contribution in [0.2, 0.25) is 0 Å². The second-order valence-corrected chi connectivity index (χ2v) is 5.65. The molecule has 0 aliphatic rings. The molecule has 1 unspecified atom stereocenters. The number of hydrogen-bond donors (Lipinski definition) is 0. The van der Waals surface area contributed by atoms with Gasteiger partial charge in [0.25, 0.3) is 0 Å². The number of alkyl halides is 1. The van der Waals surface area contributed by atoms with Gasteiger partial charge in [-0.05, 0) is 30.7 Å². The van der Waals surface area contributed by atoms with E-state index in [-0.39, 0.29) is 0 Å². The summed E-state index contributed by atoms with van der Waals surface area (Å²) < 4.78 is 5.49. The van der Waals surface area contributed by atoms with Gasteiger partial charge in [0.2, 0.25) is 0 Å². The van der Waals surface area contributed by atoms with E-state index in [1.165, 1.54) is 11.3 Å². The zero-order valence-corrected chi connectivity index (χ0v) is 11.6. The van der Waals surface area contributed by atoms with Gasteiger partial charge in [-0.15, -0.1) is 11.8 Å². The van der Waals surface area contributed by atoms with Crippen molar-refractivity contribution < 1.29 is 4.74 Å². The zero-order chi connectivity index (χ0) is 11.1. The summed E-state index contributed by atoms with van der Waals surface area (Å²) in [5.41, 5.74) is 0. The molecule has 0 heterocycles. The van der Waals surface area contributed by atoms with Gasteiger partial charge in [-0.2, -0.15) is 0 Å². The van der Waals surface area contributed by atoms with Crippen LogP contribution < -0.4 is 4.74 Å². The van der Waals surface area contributed by atoms with Gasteiger partial charge in [-0.25, -0.2) is 0 Å². The van der Waals surface area contributed by atoms with Crippen molar-refractivity contribution >= 4 is 27.7 Å². The van der Waals surface area contributed by atoms with E-state index in [0.717, 1.165) is 17.7 Å². The van der Waals surface area contributed by atoms with Gasteiger partial charge in [0.05, 0.1) is 6.61 Å². The van der Waals surface area contributed by atoms with E-state index in [9.17, 15) is 0 Å². The highest BCUT2D eigenvalue weighted by molar-refractivity contribution is 9.09. The van der Waals surface area contributed by atoms with Crippen LogP contribution in [-0.2, 0) is 0 Å². The summed E-state index contributed by atoms with van der Waals surface area (Å²) in [6, 6.07) is 8.32. The SMILES string of the molecule is CCC(C)Sc1ccc(OCCBr)cc1. The van der Waals surface area contributed by atoms with Crippen LogP contribution in [-0.4, -0.2) is 17.2 Å². The predicted molar refractivity (Wildman–Crippen MR) is 71.3 cm³/mol. The van der Waals surface area contributed by atoms with Crippen LogP contribution in [0.3, 0.4) is 0 Å². The zero-order valence-electron chi connectivity index (χ0n) is 9.20. The normalized spacial score (nSPS) is 12.5. The number of ether oxygens (including phenoxy) is 1. The van der Waals surface area contributed by atoms with E-state index in [1.54, 1.807) is 0 Å². The van der Waals surface area contributed by atoms with Crippen molar-refractivity contribution in [1.29, 1.82) is 0 Å². The Hall–Kier alpha value is -0.150. The first-order valence-electron chi connectivity index (χ1n) is 5.21. The molecule has 0 radical (unpaired) electrons. The maximum absolute atomic E-state index is 5.49. The second-order valence-electron chi connectivity index (χ2n) is 3.35. The van der Waals surface area contributed by atoms with Crippen LogP contribution in [0.5, 0.6) is 5.75 Å². The quantitative estimate of drug-likeness (QED) is 0.568. The van der Waals surface area contributed by atoms with Gasteiger partial charge in [-0.3, -0.25) is 0 Å². The Morgan fingerprint density at radius 1 is 1.33 bits per heavy atom. The third kappa shape index (κ3) is 4.94. The van der Waals surface area contributed by atoms with Gasteiger partial charge in [0.15, 0.2) is 0 Å². The molecule has 0 saturated heterocycles. The Kier molecular flexibility index (Phi) is 6.18. The smallest absolute Gasteiger partial charge is 0.119 e. The van der Waals surface area contributed by atoms with Gasteiger partial charge < -0.3 is 4.74 Å². The standard InChI is InChI=1S/C12H17BrOS/c1-3-10(2)15-12-6-4-11(5-7-12)14-9-8-13/h4-7,10H,3,8-9H2,1-2H3. The molecule has 1 rings (SSSR count). The van der Waals surface area contributed by atoms with E-state index in [1.807, 2.05) is 23.9 Å². The van der Waals surface area contributed by atoms with E-state index in [4.69, 9.17) is 4.74 Å². The summed E-state index contributed by atoms with van der Waals surface area (Å²) in [5, 5.41) is 1.55. The maximum atomic E-state index is 5.49. The highest BCUT2D eigenvalue weighted by Gasteiger charge is 2.01. The van der Waals surface area contributed by atoms with Crippen LogP contribution in [0.25, 0.3) is 0 Å². The Morgan fingerprint density at radius 3 is 2.53 bits per heavy atom. The van der Waals surface area contributed by atoms with Crippen molar-refractivity contribution in [2.45, 2.75) is 30.4 Å². The highest BCUT2D eigenvalue weighted by atomic mass is 79.9. The van der Waals surface area contributed by atoms with Crippen molar-refractivity contribution in [3.63, 3.8) is 0 Å². The molecule has 0 saturated carbocycles. The average Bonchev–Trinajstić information content (AvgIpc) is 2.28. The minimum Gasteiger partial charge on any atom is -0.493 e. The lowest BCUT2D eigenvalue weighted by Crippen LogP contribution is -1.97. The Bertz CT molecular complexity index is 273. The molecule has 0 amide bonds. The topological polar surface area (TPSA) is 9.23 Å². The molecule has 1 aromatic rings. The van der Waals surface area contributed by atoms with Gasteiger partial charge in [-0.1, -0.05) is 29.8 Å². The van der Waals surface area contributed by atoms with E-state index >= 15 is 0 Å². The van der Waals surface area contributed by atoms with Crippen LogP contribution >= 0.6 is 27.7 Å². The summed E-state index contributed by atoms with van der Waals surface area (Å²) in [6.45, 7) is 5.18. The minimum absolute atomic E-state index is 0.680. The molecule has 3 heteroatoms. The van der Waals surface area contributed by atoms with Gasteiger partial charge >= 0.3 is 0 Å². The van der Waals surface area contributed by atoms with Crippen molar-refractivity contribution in [3.05, 3.63) is 24.3 Å². The Balaban J connectivity index is 2.48. The number of hydrogen-bond acceptors (Lipinski definition) is 2. The van der Waals surface area contributed by atoms with E-state index in [2.05, 4.69) is 41.9 Å².